The van der Waals surface area contributed by atoms with Crippen molar-refractivity contribution in [2.75, 3.05) is 5.73 Å². The molecule has 0 aliphatic carbocycles. The number of benzene rings is 1. The van der Waals surface area contributed by atoms with Crippen LogP contribution in [0.4, 0.5) is 19.1 Å². The smallest absolute Gasteiger partial charge is 0.367 e. The fourth-order valence-corrected chi connectivity index (χ4v) is 2.29. The highest BCUT2D eigenvalue weighted by Crippen LogP contribution is 2.37. The van der Waals surface area contributed by atoms with Gasteiger partial charge in [-0.05, 0) is 23.7 Å². The number of alkyl halides is 3. The Morgan fingerprint density at radius 3 is 2.53 bits per heavy atom. The summed E-state index contributed by atoms with van der Waals surface area (Å²) in [6.45, 7) is 0. The number of hydrogen-bond donors (Lipinski definition) is 1. The predicted octanol–water partition coefficient (Wildman–Crippen LogP) is 3.57. The van der Waals surface area contributed by atoms with Gasteiger partial charge in [-0.25, -0.2) is 0 Å². The first kappa shape index (κ1) is 12.3. The zero-order valence-corrected chi connectivity index (χ0v) is 10.5. The van der Waals surface area contributed by atoms with Gasteiger partial charge < -0.3 is 5.73 Å². The van der Waals surface area contributed by atoms with E-state index in [0.29, 0.717) is 10.6 Å². The molecule has 2 N–H and O–H groups in total. The van der Waals surface area contributed by atoms with Crippen LogP contribution in [0.1, 0.15) is 5.56 Å². The highest BCUT2D eigenvalue weighted by Gasteiger charge is 2.33. The summed E-state index contributed by atoms with van der Waals surface area (Å²) < 4.78 is 41.7. The fraction of sp³-hybridized carbons (Fsp3) is 0.111. The maximum atomic E-state index is 12.7. The van der Waals surface area contributed by atoms with Crippen molar-refractivity contribution >= 4 is 33.4 Å². The minimum atomic E-state index is -4.41. The molecular weight excluding hydrogens is 319 g/mol. The lowest BCUT2D eigenvalue weighted by atomic mass is 10.1. The van der Waals surface area contributed by atoms with E-state index < -0.39 is 11.7 Å². The normalized spacial score (nSPS) is 11.8. The lowest BCUT2D eigenvalue weighted by Gasteiger charge is -2.09. The molecule has 3 nitrogen and oxygen atoms in total. The molecule has 0 spiro atoms. The van der Waals surface area contributed by atoms with Crippen molar-refractivity contribution in [1.82, 2.24) is 9.36 Å². The first-order chi connectivity index (χ1) is 7.88. The van der Waals surface area contributed by atoms with E-state index in [1.165, 1.54) is 12.1 Å². The lowest BCUT2D eigenvalue weighted by Crippen LogP contribution is -2.06. The molecule has 8 heteroatoms. The second-order valence-corrected chi connectivity index (χ2v) is 4.76. The molecule has 0 fully saturated rings. The molecule has 0 aliphatic heterocycles. The van der Waals surface area contributed by atoms with Crippen LogP contribution in [0.15, 0.2) is 22.7 Å². The number of hydrogen-bond acceptors (Lipinski definition) is 4. The van der Waals surface area contributed by atoms with Gasteiger partial charge in [0.15, 0.2) is 0 Å². The average Bonchev–Trinajstić information content (AvgIpc) is 2.64. The van der Waals surface area contributed by atoms with Crippen molar-refractivity contribution in [1.29, 1.82) is 0 Å². The van der Waals surface area contributed by atoms with Crippen molar-refractivity contribution in [3.63, 3.8) is 0 Å². The third kappa shape index (κ3) is 2.58. The average molecular weight is 324 g/mol. The Labute approximate surface area is 107 Å². The van der Waals surface area contributed by atoms with Gasteiger partial charge in [0.05, 0.1) is 5.56 Å². The van der Waals surface area contributed by atoms with Gasteiger partial charge in [0.1, 0.15) is 5.01 Å². The maximum Gasteiger partial charge on any atom is 0.417 e. The van der Waals surface area contributed by atoms with Gasteiger partial charge in [-0.1, -0.05) is 22.0 Å². The van der Waals surface area contributed by atoms with Gasteiger partial charge in [-0.3, -0.25) is 0 Å². The van der Waals surface area contributed by atoms with Gasteiger partial charge in [-0.2, -0.15) is 22.5 Å². The summed E-state index contributed by atoms with van der Waals surface area (Å²) in [5, 5.41) is 0.362. The largest absolute Gasteiger partial charge is 0.417 e. The number of halogens is 4. The van der Waals surface area contributed by atoms with Gasteiger partial charge in [0.25, 0.3) is 0 Å². The Bertz CT molecular complexity index is 553. The summed E-state index contributed by atoms with van der Waals surface area (Å²) in [4.78, 5) is 3.84. The van der Waals surface area contributed by atoms with Crippen LogP contribution >= 0.6 is 27.5 Å². The predicted molar refractivity (Wildman–Crippen MR) is 62.5 cm³/mol. The third-order valence-corrected chi connectivity index (χ3v) is 3.43. The van der Waals surface area contributed by atoms with Crippen molar-refractivity contribution in [3.8, 4) is 10.6 Å². The fourth-order valence-electron chi connectivity index (χ4n) is 1.23. The molecule has 1 aromatic carbocycles. The molecule has 2 aromatic rings. The summed E-state index contributed by atoms with van der Waals surface area (Å²) in [6.07, 6.45) is -4.41. The highest BCUT2D eigenvalue weighted by molar-refractivity contribution is 9.10. The summed E-state index contributed by atoms with van der Waals surface area (Å²) in [5.41, 5.74) is 4.92. The number of anilines is 1. The van der Waals surface area contributed by atoms with Crippen LogP contribution in [-0.2, 0) is 6.18 Å². The summed E-state index contributed by atoms with van der Waals surface area (Å²) in [6, 6.07) is 3.87. The van der Waals surface area contributed by atoms with Crippen LogP contribution < -0.4 is 5.73 Å². The first-order valence-corrected chi connectivity index (χ1v) is 5.91. The van der Waals surface area contributed by atoms with Crippen molar-refractivity contribution in [3.05, 3.63) is 28.2 Å². The molecular formula is C9H5BrF3N3S. The quantitative estimate of drug-likeness (QED) is 0.872. The molecule has 2 rings (SSSR count). The third-order valence-electron chi connectivity index (χ3n) is 1.96. The Hall–Kier alpha value is -1.15. The lowest BCUT2D eigenvalue weighted by molar-refractivity contribution is -0.138. The van der Waals surface area contributed by atoms with Crippen molar-refractivity contribution in [2.45, 2.75) is 6.18 Å². The SMILES string of the molecule is Nc1nsc(-c2ccc(Br)c(C(F)(F)F)c2)n1. The Kier molecular flexibility index (Phi) is 3.09. The van der Waals surface area contributed by atoms with Crippen molar-refractivity contribution in [2.24, 2.45) is 0 Å². The molecule has 0 saturated carbocycles. The maximum absolute atomic E-state index is 12.7. The number of nitrogens with zero attached hydrogens (tertiary/aromatic N) is 2. The molecule has 0 unspecified atom stereocenters. The minimum absolute atomic E-state index is 0.00811. The van der Waals surface area contributed by atoms with Crippen LogP contribution in [-0.4, -0.2) is 9.36 Å². The van der Waals surface area contributed by atoms with E-state index in [0.717, 1.165) is 17.6 Å². The number of nitrogens with two attached hydrogens (primary N) is 1. The summed E-state index contributed by atoms with van der Waals surface area (Å²) >= 11 is 3.83. The van der Waals surface area contributed by atoms with Crippen LogP contribution in [0.25, 0.3) is 10.6 Å². The molecule has 0 bridgehead atoms. The molecule has 1 aromatic heterocycles. The van der Waals surface area contributed by atoms with Gasteiger partial charge in [-0.15, -0.1) is 0 Å². The molecule has 90 valence electrons. The Balaban J connectivity index is 2.51. The van der Waals surface area contributed by atoms with Gasteiger partial charge in [0, 0.05) is 10.0 Å². The van der Waals surface area contributed by atoms with Crippen LogP contribution in [0.5, 0.6) is 0 Å². The van der Waals surface area contributed by atoms with Crippen molar-refractivity contribution < 1.29 is 13.2 Å². The number of nitrogen functional groups attached to an aromatic ring is 1. The standard InChI is InChI=1S/C9H5BrF3N3S/c10-6-2-1-4(3-5(6)9(11,12)13)7-15-8(14)16-17-7/h1-3H,(H2,14,16). The van der Waals surface area contributed by atoms with Crippen LogP contribution in [0.3, 0.4) is 0 Å². The van der Waals surface area contributed by atoms with E-state index in [9.17, 15) is 13.2 Å². The van der Waals surface area contributed by atoms with Crippen LogP contribution in [0.2, 0.25) is 0 Å². The molecule has 0 aliphatic rings. The zero-order valence-electron chi connectivity index (χ0n) is 8.12. The van der Waals surface area contributed by atoms with E-state index in [4.69, 9.17) is 5.73 Å². The molecule has 0 saturated heterocycles. The summed E-state index contributed by atoms with van der Waals surface area (Å²) in [5.74, 6) is 0.0569. The molecule has 1 heterocycles. The number of rotatable bonds is 1. The topological polar surface area (TPSA) is 51.8 Å². The van der Waals surface area contributed by atoms with E-state index in [1.54, 1.807) is 0 Å². The Morgan fingerprint density at radius 2 is 2.00 bits per heavy atom. The first-order valence-electron chi connectivity index (χ1n) is 4.34. The van der Waals surface area contributed by atoms with E-state index in [-0.39, 0.29) is 10.4 Å². The second-order valence-electron chi connectivity index (χ2n) is 3.15. The van der Waals surface area contributed by atoms with Crippen LogP contribution in [0, 0.1) is 0 Å². The Morgan fingerprint density at radius 1 is 1.29 bits per heavy atom. The number of aromatic nitrogens is 2. The zero-order chi connectivity index (χ0) is 12.6. The van der Waals surface area contributed by atoms with Gasteiger partial charge >= 0.3 is 6.18 Å². The van der Waals surface area contributed by atoms with E-state index in [1.807, 2.05) is 0 Å². The molecule has 0 amide bonds. The van der Waals surface area contributed by atoms with Gasteiger partial charge in [0.2, 0.25) is 5.95 Å². The highest BCUT2D eigenvalue weighted by atomic mass is 79.9. The summed E-state index contributed by atoms with van der Waals surface area (Å²) in [7, 11) is 0. The minimum Gasteiger partial charge on any atom is -0.367 e. The second kappa shape index (κ2) is 4.26. The monoisotopic (exact) mass is 323 g/mol. The molecule has 17 heavy (non-hydrogen) atoms. The van der Waals surface area contributed by atoms with E-state index in [2.05, 4.69) is 25.3 Å². The molecule has 0 radical (unpaired) electrons. The molecule has 0 atom stereocenters. The van der Waals surface area contributed by atoms with E-state index >= 15 is 0 Å².